The zero-order valence-corrected chi connectivity index (χ0v) is 13.1. The van der Waals surface area contributed by atoms with E-state index in [0.717, 1.165) is 42.6 Å². The van der Waals surface area contributed by atoms with Gasteiger partial charge in [0.2, 0.25) is 0 Å². The lowest BCUT2D eigenvalue weighted by Gasteiger charge is -2.25. The first-order valence-electron chi connectivity index (χ1n) is 7.33. The monoisotopic (exact) mass is 279 g/mol. The van der Waals surface area contributed by atoms with Gasteiger partial charge in [0, 0.05) is 17.9 Å². The molecule has 0 aromatic carbocycles. The van der Waals surface area contributed by atoms with Crippen LogP contribution in [0.1, 0.15) is 44.3 Å². The van der Waals surface area contributed by atoms with Crippen molar-refractivity contribution >= 4 is 11.8 Å². The number of hydrogen-bond acceptors (Lipinski definition) is 4. The van der Waals surface area contributed by atoms with E-state index in [1.54, 1.807) is 0 Å². The third-order valence-corrected chi connectivity index (χ3v) is 4.42. The number of rotatable bonds is 6. The van der Waals surface area contributed by atoms with Crippen LogP contribution in [0.2, 0.25) is 0 Å². The Labute approximate surface area is 121 Å². The average Bonchev–Trinajstić information content (AvgIpc) is 2.42. The van der Waals surface area contributed by atoms with Crippen molar-refractivity contribution in [1.29, 1.82) is 0 Å². The lowest BCUT2D eigenvalue weighted by Crippen LogP contribution is -2.32. The van der Waals surface area contributed by atoms with E-state index in [0.29, 0.717) is 6.04 Å². The predicted molar refractivity (Wildman–Crippen MR) is 82.5 cm³/mol. The van der Waals surface area contributed by atoms with Gasteiger partial charge in [0.05, 0.1) is 5.75 Å². The first-order valence-corrected chi connectivity index (χ1v) is 8.49. The predicted octanol–water partition coefficient (Wildman–Crippen LogP) is 2.83. The molecule has 1 aromatic heterocycles. The van der Waals surface area contributed by atoms with Crippen LogP contribution in [0.15, 0.2) is 6.20 Å². The van der Waals surface area contributed by atoms with Gasteiger partial charge in [0.1, 0.15) is 5.82 Å². The van der Waals surface area contributed by atoms with Gasteiger partial charge >= 0.3 is 0 Å². The highest BCUT2D eigenvalue weighted by atomic mass is 32.2. The molecule has 1 aliphatic carbocycles. The largest absolute Gasteiger partial charge is 0.314 e. The fourth-order valence-electron chi connectivity index (χ4n) is 2.46. The van der Waals surface area contributed by atoms with E-state index < -0.39 is 0 Å². The number of thioether (sulfide) groups is 1. The van der Waals surface area contributed by atoms with Crippen molar-refractivity contribution in [1.82, 2.24) is 15.3 Å². The minimum Gasteiger partial charge on any atom is -0.314 e. The van der Waals surface area contributed by atoms with Gasteiger partial charge in [-0.3, -0.25) is 0 Å². The molecule has 0 fully saturated rings. The molecule has 1 heterocycles. The topological polar surface area (TPSA) is 37.8 Å². The van der Waals surface area contributed by atoms with Crippen LogP contribution in [0.4, 0.5) is 0 Å². The molecule has 19 heavy (non-hydrogen) atoms. The van der Waals surface area contributed by atoms with Gasteiger partial charge in [-0.1, -0.05) is 20.8 Å². The zero-order chi connectivity index (χ0) is 13.7. The first-order chi connectivity index (χ1) is 9.19. The normalized spacial score (nSPS) is 18.6. The van der Waals surface area contributed by atoms with E-state index in [1.807, 2.05) is 11.8 Å². The van der Waals surface area contributed by atoms with Crippen molar-refractivity contribution in [3.63, 3.8) is 0 Å². The standard InChI is InChI=1S/C15H25N3S/c1-4-19-10-15-17-9-13-7-12(8-16-11(2)3)5-6-14(13)18-15/h9,11-12,16H,4-8,10H2,1-3H3. The maximum Gasteiger partial charge on any atom is 0.138 e. The molecule has 0 radical (unpaired) electrons. The van der Waals surface area contributed by atoms with Crippen molar-refractivity contribution in [2.75, 3.05) is 12.3 Å². The Morgan fingerprint density at radius 3 is 3.05 bits per heavy atom. The summed E-state index contributed by atoms with van der Waals surface area (Å²) in [5.41, 5.74) is 2.66. The van der Waals surface area contributed by atoms with Crippen LogP contribution in [0.3, 0.4) is 0 Å². The smallest absolute Gasteiger partial charge is 0.138 e. The van der Waals surface area contributed by atoms with E-state index in [2.05, 4.69) is 37.3 Å². The summed E-state index contributed by atoms with van der Waals surface area (Å²) in [7, 11) is 0. The molecule has 106 valence electrons. The molecule has 0 aliphatic heterocycles. The van der Waals surface area contributed by atoms with E-state index >= 15 is 0 Å². The Balaban J connectivity index is 1.94. The number of aromatic nitrogens is 2. The highest BCUT2D eigenvalue weighted by Gasteiger charge is 2.20. The third-order valence-electron chi connectivity index (χ3n) is 3.55. The minimum atomic E-state index is 0.575. The number of hydrogen-bond donors (Lipinski definition) is 1. The van der Waals surface area contributed by atoms with Gasteiger partial charge < -0.3 is 5.32 Å². The Morgan fingerprint density at radius 1 is 1.47 bits per heavy atom. The third kappa shape index (κ3) is 4.46. The number of fused-ring (bicyclic) bond motifs is 1. The summed E-state index contributed by atoms with van der Waals surface area (Å²) in [5.74, 6) is 3.82. The molecule has 1 aliphatic rings. The molecule has 2 rings (SSSR count). The summed E-state index contributed by atoms with van der Waals surface area (Å²) in [6.07, 6.45) is 5.57. The molecule has 0 bridgehead atoms. The van der Waals surface area contributed by atoms with Crippen LogP contribution in [-0.4, -0.2) is 28.3 Å². The van der Waals surface area contributed by atoms with Crippen LogP contribution >= 0.6 is 11.8 Å². The molecular weight excluding hydrogens is 254 g/mol. The Morgan fingerprint density at radius 2 is 2.32 bits per heavy atom. The second-order valence-corrected chi connectivity index (χ2v) is 6.84. The molecule has 0 spiro atoms. The van der Waals surface area contributed by atoms with Crippen LogP contribution in [-0.2, 0) is 18.6 Å². The first kappa shape index (κ1) is 14.8. The van der Waals surface area contributed by atoms with Crippen molar-refractivity contribution in [2.24, 2.45) is 5.92 Å². The molecule has 0 saturated heterocycles. The molecule has 4 heteroatoms. The molecular formula is C15H25N3S. The maximum absolute atomic E-state index is 4.73. The van der Waals surface area contributed by atoms with Crippen LogP contribution < -0.4 is 5.32 Å². The highest BCUT2D eigenvalue weighted by Crippen LogP contribution is 2.24. The van der Waals surface area contributed by atoms with Crippen molar-refractivity contribution in [2.45, 2.75) is 51.8 Å². The van der Waals surface area contributed by atoms with E-state index in [9.17, 15) is 0 Å². The van der Waals surface area contributed by atoms with Crippen LogP contribution in [0.5, 0.6) is 0 Å². The van der Waals surface area contributed by atoms with E-state index in [1.165, 1.54) is 17.7 Å². The van der Waals surface area contributed by atoms with Crippen molar-refractivity contribution < 1.29 is 0 Å². The Hall–Kier alpha value is -0.610. The summed E-state index contributed by atoms with van der Waals surface area (Å²) < 4.78 is 0. The summed E-state index contributed by atoms with van der Waals surface area (Å²) >= 11 is 1.89. The summed E-state index contributed by atoms with van der Waals surface area (Å²) in [5, 5.41) is 3.54. The minimum absolute atomic E-state index is 0.575. The molecule has 1 N–H and O–H groups in total. The van der Waals surface area contributed by atoms with Gasteiger partial charge in [-0.15, -0.1) is 0 Å². The Kier molecular flexibility index (Phi) is 5.64. The maximum atomic E-state index is 4.73. The molecule has 1 unspecified atom stereocenters. The van der Waals surface area contributed by atoms with Crippen LogP contribution in [0, 0.1) is 5.92 Å². The fourth-order valence-corrected chi connectivity index (χ4v) is 2.99. The van der Waals surface area contributed by atoms with Crippen molar-refractivity contribution in [3.05, 3.63) is 23.3 Å². The van der Waals surface area contributed by atoms with Crippen LogP contribution in [0.25, 0.3) is 0 Å². The number of aryl methyl sites for hydroxylation is 1. The quantitative estimate of drug-likeness (QED) is 0.869. The average molecular weight is 279 g/mol. The van der Waals surface area contributed by atoms with Gasteiger partial charge in [0.25, 0.3) is 0 Å². The zero-order valence-electron chi connectivity index (χ0n) is 12.3. The number of nitrogens with zero attached hydrogens (tertiary/aromatic N) is 2. The Bertz CT molecular complexity index is 406. The molecule has 1 aromatic rings. The SMILES string of the molecule is CCSCc1ncc2c(n1)CCC(CNC(C)C)C2. The van der Waals surface area contributed by atoms with Gasteiger partial charge in [-0.25, -0.2) is 9.97 Å². The molecule has 0 amide bonds. The van der Waals surface area contributed by atoms with Gasteiger partial charge in [0.15, 0.2) is 0 Å². The highest BCUT2D eigenvalue weighted by molar-refractivity contribution is 7.98. The molecule has 3 nitrogen and oxygen atoms in total. The van der Waals surface area contributed by atoms with E-state index in [-0.39, 0.29) is 0 Å². The molecule has 1 atom stereocenters. The van der Waals surface area contributed by atoms with E-state index in [4.69, 9.17) is 4.98 Å². The lowest BCUT2D eigenvalue weighted by molar-refractivity contribution is 0.402. The second kappa shape index (κ2) is 7.25. The molecule has 0 saturated carbocycles. The van der Waals surface area contributed by atoms with Gasteiger partial charge in [-0.05, 0) is 43.0 Å². The second-order valence-electron chi connectivity index (χ2n) is 5.57. The summed E-state index contributed by atoms with van der Waals surface area (Å²) in [4.78, 5) is 9.23. The fraction of sp³-hybridized carbons (Fsp3) is 0.733. The van der Waals surface area contributed by atoms with Crippen molar-refractivity contribution in [3.8, 4) is 0 Å². The number of nitrogens with one attached hydrogen (secondary N) is 1. The summed E-state index contributed by atoms with van der Waals surface area (Å²) in [6, 6.07) is 0.575. The lowest BCUT2D eigenvalue weighted by atomic mass is 9.87. The van der Waals surface area contributed by atoms with Gasteiger partial charge in [-0.2, -0.15) is 11.8 Å². The summed E-state index contributed by atoms with van der Waals surface area (Å²) in [6.45, 7) is 7.70.